The quantitative estimate of drug-likeness (QED) is 0.302. The number of carbonyl (C=O) groups excluding carboxylic acids is 1. The van der Waals surface area contributed by atoms with E-state index >= 15 is 0 Å². The molecule has 0 unspecified atom stereocenters. The molecule has 0 spiro atoms. The number of hydrogen-bond acceptors (Lipinski definition) is 3. The molecule has 0 aliphatic heterocycles. The second-order valence-corrected chi connectivity index (χ2v) is 8.25. The average Bonchev–Trinajstić information content (AvgIpc) is 2.88. The molecule has 0 radical (unpaired) electrons. The third-order valence-electron chi connectivity index (χ3n) is 5.37. The van der Waals surface area contributed by atoms with Gasteiger partial charge in [-0.3, -0.25) is 4.79 Å². The van der Waals surface area contributed by atoms with E-state index in [2.05, 4.69) is 5.32 Å². The third-order valence-corrected chi connectivity index (χ3v) is 5.60. The lowest BCUT2D eigenvalue weighted by atomic mass is 10.0. The smallest absolute Gasteiger partial charge is 0.335 e. The Kier molecular flexibility index (Phi) is 7.43. The highest BCUT2D eigenvalue weighted by Crippen LogP contribution is 2.25. The minimum Gasteiger partial charge on any atom is -0.488 e. The van der Waals surface area contributed by atoms with Crippen LogP contribution in [0, 0.1) is 5.82 Å². The summed E-state index contributed by atoms with van der Waals surface area (Å²) in [6.07, 6.45) is 0. The number of halogens is 2. The zero-order chi connectivity index (χ0) is 24.8. The molecule has 0 heterocycles. The van der Waals surface area contributed by atoms with Gasteiger partial charge in [0.05, 0.1) is 11.1 Å². The van der Waals surface area contributed by atoms with Crippen LogP contribution in [0.2, 0.25) is 5.02 Å². The Bertz CT molecular complexity index is 1340. The Morgan fingerprint density at radius 3 is 2.06 bits per heavy atom. The van der Waals surface area contributed by atoms with Crippen molar-refractivity contribution in [1.82, 2.24) is 5.32 Å². The monoisotopic (exact) mass is 489 g/mol. The first kappa shape index (κ1) is 24.0. The van der Waals surface area contributed by atoms with Gasteiger partial charge in [-0.05, 0) is 64.7 Å². The van der Waals surface area contributed by atoms with E-state index in [1.165, 1.54) is 12.1 Å². The predicted octanol–water partition coefficient (Wildman–Crippen LogP) is 6.35. The van der Waals surface area contributed by atoms with Gasteiger partial charge in [0, 0.05) is 11.6 Å². The summed E-state index contributed by atoms with van der Waals surface area (Å²) in [5, 5.41) is 12.3. The molecule has 4 aromatic carbocycles. The number of benzene rings is 4. The molecule has 4 aromatic rings. The molecule has 5 nitrogen and oxygen atoms in total. The molecule has 0 saturated carbocycles. The van der Waals surface area contributed by atoms with Crippen molar-refractivity contribution < 1.29 is 23.8 Å². The molecule has 7 heteroatoms. The molecule has 1 amide bonds. The number of amides is 1. The Morgan fingerprint density at radius 2 is 1.43 bits per heavy atom. The van der Waals surface area contributed by atoms with Gasteiger partial charge in [-0.15, -0.1) is 0 Å². The van der Waals surface area contributed by atoms with Gasteiger partial charge in [-0.1, -0.05) is 60.1 Å². The second kappa shape index (κ2) is 10.8. The van der Waals surface area contributed by atoms with E-state index in [1.54, 1.807) is 54.6 Å². The van der Waals surface area contributed by atoms with Crippen molar-refractivity contribution in [2.45, 2.75) is 13.2 Å². The van der Waals surface area contributed by atoms with Crippen molar-refractivity contribution in [1.29, 1.82) is 0 Å². The second-order valence-electron chi connectivity index (χ2n) is 7.82. The summed E-state index contributed by atoms with van der Waals surface area (Å²) >= 11 is 6.11. The normalized spacial score (nSPS) is 10.6. The van der Waals surface area contributed by atoms with Gasteiger partial charge in [0.2, 0.25) is 0 Å². The van der Waals surface area contributed by atoms with Gasteiger partial charge >= 0.3 is 5.97 Å². The van der Waals surface area contributed by atoms with Crippen molar-refractivity contribution in [3.63, 3.8) is 0 Å². The zero-order valence-corrected chi connectivity index (χ0v) is 19.3. The van der Waals surface area contributed by atoms with E-state index in [9.17, 15) is 14.0 Å². The van der Waals surface area contributed by atoms with Crippen LogP contribution in [0.1, 0.15) is 31.8 Å². The van der Waals surface area contributed by atoms with Crippen LogP contribution in [0.4, 0.5) is 4.39 Å². The van der Waals surface area contributed by atoms with Crippen LogP contribution in [0.5, 0.6) is 5.75 Å². The van der Waals surface area contributed by atoms with E-state index in [4.69, 9.17) is 21.4 Å². The Labute approximate surface area is 206 Å². The van der Waals surface area contributed by atoms with E-state index in [-0.39, 0.29) is 23.9 Å². The Hall–Kier alpha value is -4.16. The van der Waals surface area contributed by atoms with Gasteiger partial charge in [-0.25, -0.2) is 9.18 Å². The minimum atomic E-state index is -0.966. The largest absolute Gasteiger partial charge is 0.488 e. The van der Waals surface area contributed by atoms with Crippen LogP contribution in [0.15, 0.2) is 91.0 Å². The molecule has 0 fully saturated rings. The SMILES string of the molecule is O=C(O)c1ccc(-c2ccc(CNC(=O)c3cc(Cl)ccc3OCc3ccc(F)cc3)cc2)cc1. The first-order chi connectivity index (χ1) is 16.9. The summed E-state index contributed by atoms with van der Waals surface area (Å²) in [5.74, 6) is -1.26. The van der Waals surface area contributed by atoms with E-state index in [0.717, 1.165) is 22.3 Å². The predicted molar refractivity (Wildman–Crippen MR) is 132 cm³/mol. The molecule has 0 saturated heterocycles. The zero-order valence-electron chi connectivity index (χ0n) is 18.5. The molecule has 0 bridgehead atoms. The number of rotatable bonds is 8. The average molecular weight is 490 g/mol. The van der Waals surface area contributed by atoms with Gasteiger partial charge in [0.1, 0.15) is 18.2 Å². The summed E-state index contributed by atoms with van der Waals surface area (Å²) in [5.41, 5.74) is 4.02. The summed E-state index contributed by atoms with van der Waals surface area (Å²) in [7, 11) is 0. The van der Waals surface area contributed by atoms with Crippen LogP contribution >= 0.6 is 11.6 Å². The van der Waals surface area contributed by atoms with Crippen LogP contribution in [0.25, 0.3) is 11.1 Å². The number of carbonyl (C=O) groups is 2. The molecule has 35 heavy (non-hydrogen) atoms. The molecule has 0 aliphatic rings. The van der Waals surface area contributed by atoms with Gasteiger partial charge in [-0.2, -0.15) is 0 Å². The highest BCUT2D eigenvalue weighted by Gasteiger charge is 2.14. The summed E-state index contributed by atoms with van der Waals surface area (Å²) in [4.78, 5) is 23.9. The molecule has 0 aromatic heterocycles. The molecule has 2 N–H and O–H groups in total. The molecule has 0 aliphatic carbocycles. The highest BCUT2D eigenvalue weighted by molar-refractivity contribution is 6.31. The highest BCUT2D eigenvalue weighted by atomic mass is 35.5. The summed E-state index contributed by atoms with van der Waals surface area (Å²) in [6, 6.07) is 25.0. The minimum absolute atomic E-state index is 0.178. The maximum absolute atomic E-state index is 13.1. The fourth-order valence-electron chi connectivity index (χ4n) is 3.45. The molecule has 4 rings (SSSR count). The Morgan fingerprint density at radius 1 is 0.829 bits per heavy atom. The topological polar surface area (TPSA) is 75.6 Å². The first-order valence-electron chi connectivity index (χ1n) is 10.8. The number of carboxylic acids is 1. The summed E-state index contributed by atoms with van der Waals surface area (Å²) < 4.78 is 18.9. The number of hydrogen-bond donors (Lipinski definition) is 2. The van der Waals surface area contributed by atoms with E-state index < -0.39 is 5.97 Å². The molecule has 0 atom stereocenters. The lowest BCUT2D eigenvalue weighted by Crippen LogP contribution is -2.23. The van der Waals surface area contributed by atoms with Crippen molar-refractivity contribution in [3.8, 4) is 16.9 Å². The first-order valence-corrected chi connectivity index (χ1v) is 11.1. The van der Waals surface area contributed by atoms with Crippen LogP contribution < -0.4 is 10.1 Å². The van der Waals surface area contributed by atoms with Crippen LogP contribution in [0.3, 0.4) is 0 Å². The van der Waals surface area contributed by atoms with Crippen molar-refractivity contribution in [2.75, 3.05) is 0 Å². The third kappa shape index (κ3) is 6.25. The van der Waals surface area contributed by atoms with Gasteiger partial charge < -0.3 is 15.2 Å². The van der Waals surface area contributed by atoms with Gasteiger partial charge in [0.25, 0.3) is 5.91 Å². The maximum Gasteiger partial charge on any atom is 0.335 e. The van der Waals surface area contributed by atoms with Crippen LogP contribution in [-0.2, 0) is 13.2 Å². The standard InChI is InChI=1S/C28H21ClFNO4/c29-23-11-14-26(35-17-19-3-12-24(30)13-4-19)25(15-23)27(32)31-16-18-1-5-20(6-2-18)21-7-9-22(10-8-21)28(33)34/h1-15H,16-17H2,(H,31,32)(H,33,34). The van der Waals surface area contributed by atoms with Crippen LogP contribution in [-0.4, -0.2) is 17.0 Å². The van der Waals surface area contributed by atoms with Crippen molar-refractivity contribution in [3.05, 3.63) is 124 Å². The summed E-state index contributed by atoms with van der Waals surface area (Å²) in [6.45, 7) is 0.470. The fourth-order valence-corrected chi connectivity index (χ4v) is 3.62. The lowest BCUT2D eigenvalue weighted by Gasteiger charge is -2.13. The molecular weight excluding hydrogens is 469 g/mol. The number of ether oxygens (including phenoxy) is 1. The van der Waals surface area contributed by atoms with Crippen molar-refractivity contribution >= 4 is 23.5 Å². The van der Waals surface area contributed by atoms with E-state index in [1.807, 2.05) is 24.3 Å². The number of carboxylic acid groups (broad SMARTS) is 1. The Balaban J connectivity index is 1.40. The van der Waals surface area contributed by atoms with Gasteiger partial charge in [0.15, 0.2) is 0 Å². The number of aromatic carboxylic acids is 1. The molecular formula is C28H21ClFNO4. The number of nitrogens with one attached hydrogen (secondary N) is 1. The maximum atomic E-state index is 13.1. The van der Waals surface area contributed by atoms with Crippen molar-refractivity contribution in [2.24, 2.45) is 0 Å². The molecule has 176 valence electrons. The lowest BCUT2D eigenvalue weighted by molar-refractivity contribution is 0.0696. The van der Waals surface area contributed by atoms with E-state index in [0.29, 0.717) is 22.9 Å². The fraction of sp³-hybridized carbons (Fsp3) is 0.0714.